The van der Waals surface area contributed by atoms with Crippen molar-refractivity contribution >= 4 is 17.9 Å². The zero-order valence-electron chi connectivity index (χ0n) is 10.4. The number of para-hydroxylation sites is 1. The molecule has 0 spiro atoms. The number of rotatable bonds is 3. The third-order valence-corrected chi connectivity index (χ3v) is 2.02. The Bertz CT molecular complexity index is 394. The van der Waals surface area contributed by atoms with Crippen LogP contribution in [0.3, 0.4) is 0 Å². The fraction of sp³-hybridized carbons (Fsp3) is 0.333. The van der Waals surface area contributed by atoms with Gasteiger partial charge in [-0.2, -0.15) is 0 Å². The molecule has 2 amide bonds. The van der Waals surface area contributed by atoms with Crippen molar-refractivity contribution in [1.82, 2.24) is 5.06 Å². The Kier molecular flexibility index (Phi) is 5.50. The minimum Gasteiger partial charge on any atom is -0.451 e. The van der Waals surface area contributed by atoms with Crippen LogP contribution >= 0.6 is 0 Å². The summed E-state index contributed by atoms with van der Waals surface area (Å²) in [5.74, 6) is 0. The van der Waals surface area contributed by atoms with Gasteiger partial charge in [-0.25, -0.2) is 9.59 Å². The molecule has 1 aromatic rings. The number of carbonyl (C=O) groups is 2. The first kappa shape index (κ1) is 13.8. The van der Waals surface area contributed by atoms with E-state index in [0.717, 1.165) is 5.06 Å². The summed E-state index contributed by atoms with van der Waals surface area (Å²) in [4.78, 5) is 27.7. The van der Waals surface area contributed by atoms with Gasteiger partial charge in [0.2, 0.25) is 0 Å². The van der Waals surface area contributed by atoms with Crippen LogP contribution in [-0.4, -0.2) is 30.9 Å². The molecule has 1 N–H and O–H groups in total. The summed E-state index contributed by atoms with van der Waals surface area (Å²) in [5.41, 5.74) is 0.587. The molecule has 0 heterocycles. The number of methoxy groups -OCH3 is 1. The van der Waals surface area contributed by atoms with Crippen LogP contribution in [0.4, 0.5) is 15.3 Å². The first-order valence-corrected chi connectivity index (χ1v) is 5.56. The number of ether oxygens (including phenoxy) is 1. The van der Waals surface area contributed by atoms with E-state index in [2.05, 4.69) is 10.1 Å². The molecule has 0 unspecified atom stereocenters. The maximum Gasteiger partial charge on any atom is 0.443 e. The standard InChI is InChI=1S/C12H16N2O4/c1-3-9-14(12(16)17-2)18-11(15)13-10-7-5-4-6-8-10/h4-8H,3,9H2,1-2H3,(H,13,15). The Morgan fingerprint density at radius 2 is 1.94 bits per heavy atom. The van der Waals surface area contributed by atoms with Gasteiger partial charge in [0.05, 0.1) is 13.7 Å². The molecule has 0 aliphatic carbocycles. The average Bonchev–Trinajstić information content (AvgIpc) is 2.38. The van der Waals surface area contributed by atoms with E-state index in [4.69, 9.17) is 4.84 Å². The molecule has 0 saturated heterocycles. The molecule has 6 heteroatoms. The molecule has 1 rings (SSSR count). The molecular weight excluding hydrogens is 236 g/mol. The Labute approximate surface area is 105 Å². The minimum absolute atomic E-state index is 0.273. The maximum atomic E-state index is 11.5. The SMILES string of the molecule is CCCN(OC(=O)Nc1ccccc1)C(=O)OC. The first-order valence-electron chi connectivity index (χ1n) is 5.56. The normalized spacial score (nSPS) is 9.44. The monoisotopic (exact) mass is 252 g/mol. The topological polar surface area (TPSA) is 67.9 Å². The number of amides is 2. The molecule has 98 valence electrons. The van der Waals surface area contributed by atoms with Crippen LogP contribution in [0, 0.1) is 0 Å². The highest BCUT2D eigenvalue weighted by Gasteiger charge is 2.18. The second-order valence-corrected chi connectivity index (χ2v) is 3.44. The van der Waals surface area contributed by atoms with Gasteiger partial charge in [0, 0.05) is 5.69 Å². The van der Waals surface area contributed by atoms with Crippen LogP contribution < -0.4 is 5.32 Å². The van der Waals surface area contributed by atoms with Gasteiger partial charge < -0.3 is 9.57 Å². The van der Waals surface area contributed by atoms with E-state index < -0.39 is 12.2 Å². The van der Waals surface area contributed by atoms with E-state index in [1.807, 2.05) is 13.0 Å². The van der Waals surface area contributed by atoms with E-state index in [1.54, 1.807) is 24.3 Å². The average molecular weight is 252 g/mol. The second-order valence-electron chi connectivity index (χ2n) is 3.44. The molecule has 1 aromatic carbocycles. The summed E-state index contributed by atoms with van der Waals surface area (Å²) < 4.78 is 4.50. The molecule has 18 heavy (non-hydrogen) atoms. The molecule has 0 saturated carbocycles. The fourth-order valence-corrected chi connectivity index (χ4v) is 1.24. The smallest absolute Gasteiger partial charge is 0.443 e. The number of benzene rings is 1. The Balaban J connectivity index is 2.53. The Morgan fingerprint density at radius 3 is 2.50 bits per heavy atom. The summed E-state index contributed by atoms with van der Waals surface area (Å²) in [6, 6.07) is 8.81. The largest absolute Gasteiger partial charge is 0.451 e. The minimum atomic E-state index is -0.736. The highest BCUT2D eigenvalue weighted by Crippen LogP contribution is 2.06. The molecule has 0 fully saturated rings. The van der Waals surface area contributed by atoms with Crippen molar-refractivity contribution in [3.05, 3.63) is 30.3 Å². The zero-order chi connectivity index (χ0) is 13.4. The number of hydrogen-bond donors (Lipinski definition) is 1. The van der Waals surface area contributed by atoms with Crippen LogP contribution in [0.5, 0.6) is 0 Å². The van der Waals surface area contributed by atoms with Crippen molar-refractivity contribution in [2.45, 2.75) is 13.3 Å². The lowest BCUT2D eigenvalue weighted by Gasteiger charge is -2.18. The van der Waals surface area contributed by atoms with Gasteiger partial charge in [-0.15, -0.1) is 5.06 Å². The second kappa shape index (κ2) is 7.16. The highest BCUT2D eigenvalue weighted by molar-refractivity contribution is 5.85. The van der Waals surface area contributed by atoms with E-state index >= 15 is 0 Å². The molecule has 6 nitrogen and oxygen atoms in total. The highest BCUT2D eigenvalue weighted by atomic mass is 16.8. The summed E-state index contributed by atoms with van der Waals surface area (Å²) >= 11 is 0. The van der Waals surface area contributed by atoms with Crippen molar-refractivity contribution in [2.75, 3.05) is 19.0 Å². The van der Waals surface area contributed by atoms with E-state index in [1.165, 1.54) is 7.11 Å². The lowest BCUT2D eigenvalue weighted by molar-refractivity contribution is -0.0738. The lowest BCUT2D eigenvalue weighted by atomic mass is 10.3. The van der Waals surface area contributed by atoms with Crippen molar-refractivity contribution in [2.24, 2.45) is 0 Å². The number of hydrogen-bond acceptors (Lipinski definition) is 4. The molecule has 0 bridgehead atoms. The molecule has 0 aromatic heterocycles. The Hall–Kier alpha value is -2.24. The van der Waals surface area contributed by atoms with Crippen LogP contribution in [0.25, 0.3) is 0 Å². The Morgan fingerprint density at radius 1 is 1.28 bits per heavy atom. The zero-order valence-corrected chi connectivity index (χ0v) is 10.4. The number of hydroxylamine groups is 2. The van der Waals surface area contributed by atoms with Gasteiger partial charge in [-0.1, -0.05) is 25.1 Å². The molecule has 0 radical (unpaired) electrons. The van der Waals surface area contributed by atoms with Crippen LogP contribution in [-0.2, 0) is 9.57 Å². The summed E-state index contributed by atoms with van der Waals surface area (Å²) in [5, 5.41) is 3.37. The van der Waals surface area contributed by atoms with Gasteiger partial charge in [0.1, 0.15) is 0 Å². The quantitative estimate of drug-likeness (QED) is 0.840. The number of anilines is 1. The van der Waals surface area contributed by atoms with Crippen LogP contribution in [0.15, 0.2) is 30.3 Å². The predicted molar refractivity (Wildman–Crippen MR) is 65.9 cm³/mol. The van der Waals surface area contributed by atoms with Crippen LogP contribution in [0.2, 0.25) is 0 Å². The van der Waals surface area contributed by atoms with Crippen molar-refractivity contribution in [3.8, 4) is 0 Å². The van der Waals surface area contributed by atoms with Gasteiger partial charge in [-0.3, -0.25) is 5.32 Å². The summed E-state index contributed by atoms with van der Waals surface area (Å²) in [6.07, 6.45) is -0.798. The van der Waals surface area contributed by atoms with E-state index in [-0.39, 0.29) is 6.54 Å². The van der Waals surface area contributed by atoms with Gasteiger partial charge in [-0.05, 0) is 18.6 Å². The third kappa shape index (κ3) is 4.32. The molecular formula is C12H16N2O4. The third-order valence-electron chi connectivity index (χ3n) is 2.02. The first-order chi connectivity index (χ1) is 8.67. The molecule has 0 atom stereocenters. The molecule has 0 aliphatic rings. The summed E-state index contributed by atoms with van der Waals surface area (Å²) in [7, 11) is 1.23. The van der Waals surface area contributed by atoms with Gasteiger partial charge in [0.25, 0.3) is 0 Å². The van der Waals surface area contributed by atoms with Crippen molar-refractivity contribution in [3.63, 3.8) is 0 Å². The van der Waals surface area contributed by atoms with Crippen molar-refractivity contribution in [1.29, 1.82) is 0 Å². The van der Waals surface area contributed by atoms with Crippen LogP contribution in [0.1, 0.15) is 13.3 Å². The number of nitrogens with zero attached hydrogens (tertiary/aromatic N) is 1. The van der Waals surface area contributed by atoms with E-state index in [9.17, 15) is 9.59 Å². The number of carbonyl (C=O) groups excluding carboxylic acids is 2. The number of nitrogens with one attached hydrogen (secondary N) is 1. The maximum absolute atomic E-state index is 11.5. The predicted octanol–water partition coefficient (Wildman–Crippen LogP) is 2.63. The lowest BCUT2D eigenvalue weighted by Crippen LogP contribution is -2.35. The molecule has 0 aliphatic heterocycles. The van der Waals surface area contributed by atoms with E-state index in [0.29, 0.717) is 12.1 Å². The van der Waals surface area contributed by atoms with Gasteiger partial charge in [0.15, 0.2) is 0 Å². The van der Waals surface area contributed by atoms with Gasteiger partial charge >= 0.3 is 12.2 Å². The van der Waals surface area contributed by atoms with Crippen molar-refractivity contribution < 1.29 is 19.2 Å². The summed E-state index contributed by atoms with van der Waals surface area (Å²) in [6.45, 7) is 2.13. The fourth-order valence-electron chi connectivity index (χ4n) is 1.24.